The van der Waals surface area contributed by atoms with E-state index in [9.17, 15) is 10.2 Å². The topological polar surface area (TPSA) is 52.9 Å². The molecule has 0 saturated carbocycles. The largest absolute Gasteiger partial charge is 0.488 e. The number of likely N-dealkylation sites (tertiary alicyclic amines) is 1. The molecule has 2 rings (SSSR count). The van der Waals surface area contributed by atoms with Crippen LogP contribution in [0.1, 0.15) is 12.8 Å². The van der Waals surface area contributed by atoms with Gasteiger partial charge < -0.3 is 14.9 Å². The van der Waals surface area contributed by atoms with E-state index in [0.717, 1.165) is 19.4 Å². The molecule has 112 valence electrons. The number of rotatable bonds is 5. The molecule has 2 unspecified atom stereocenters. The molecule has 0 bridgehead atoms. The number of benzene rings is 1. The van der Waals surface area contributed by atoms with Gasteiger partial charge in [-0.1, -0.05) is 29.3 Å². The SMILES string of the molecule is OC1CCCN(CC(O)COc2c(Cl)cccc2Cl)C1. The molecule has 1 aromatic carbocycles. The van der Waals surface area contributed by atoms with Crippen LogP contribution in [0.4, 0.5) is 0 Å². The third kappa shape index (κ3) is 4.50. The highest BCUT2D eigenvalue weighted by Crippen LogP contribution is 2.32. The minimum Gasteiger partial charge on any atom is -0.488 e. The summed E-state index contributed by atoms with van der Waals surface area (Å²) in [5, 5.41) is 20.4. The van der Waals surface area contributed by atoms with E-state index in [1.54, 1.807) is 18.2 Å². The summed E-state index contributed by atoms with van der Waals surface area (Å²) in [5.74, 6) is 0.397. The zero-order valence-corrected chi connectivity index (χ0v) is 12.6. The Balaban J connectivity index is 1.81. The molecule has 4 nitrogen and oxygen atoms in total. The molecule has 0 amide bonds. The highest BCUT2D eigenvalue weighted by Gasteiger charge is 2.20. The first-order valence-corrected chi connectivity index (χ1v) is 7.47. The lowest BCUT2D eigenvalue weighted by atomic mass is 10.1. The first-order valence-electron chi connectivity index (χ1n) is 6.71. The van der Waals surface area contributed by atoms with Crippen molar-refractivity contribution in [1.29, 1.82) is 0 Å². The molecule has 6 heteroatoms. The molecule has 1 fully saturated rings. The number of nitrogens with zero attached hydrogens (tertiary/aromatic N) is 1. The Morgan fingerprint density at radius 2 is 2.05 bits per heavy atom. The van der Waals surface area contributed by atoms with Crippen molar-refractivity contribution in [2.45, 2.75) is 25.0 Å². The summed E-state index contributed by atoms with van der Waals surface area (Å²) in [6.45, 7) is 2.08. The lowest BCUT2D eigenvalue weighted by Crippen LogP contribution is -2.43. The summed E-state index contributed by atoms with van der Waals surface area (Å²) in [6, 6.07) is 5.12. The number of ether oxygens (including phenoxy) is 1. The van der Waals surface area contributed by atoms with E-state index in [2.05, 4.69) is 0 Å². The first-order chi connectivity index (χ1) is 9.56. The van der Waals surface area contributed by atoms with Crippen LogP contribution in [0, 0.1) is 0 Å². The molecule has 1 saturated heterocycles. The van der Waals surface area contributed by atoms with Gasteiger partial charge in [0.25, 0.3) is 0 Å². The molecule has 2 N–H and O–H groups in total. The van der Waals surface area contributed by atoms with Gasteiger partial charge in [0.05, 0.1) is 16.1 Å². The van der Waals surface area contributed by atoms with Crippen molar-refractivity contribution >= 4 is 23.2 Å². The smallest absolute Gasteiger partial charge is 0.156 e. The maximum absolute atomic E-state index is 10.00. The summed E-state index contributed by atoms with van der Waals surface area (Å²) < 4.78 is 5.49. The molecule has 1 heterocycles. The van der Waals surface area contributed by atoms with Gasteiger partial charge in [0.15, 0.2) is 5.75 Å². The molecular weight excluding hydrogens is 301 g/mol. The monoisotopic (exact) mass is 319 g/mol. The van der Waals surface area contributed by atoms with Gasteiger partial charge in [0.2, 0.25) is 0 Å². The number of aliphatic hydroxyl groups excluding tert-OH is 2. The van der Waals surface area contributed by atoms with E-state index in [-0.39, 0.29) is 12.7 Å². The molecular formula is C14H19Cl2NO3. The van der Waals surface area contributed by atoms with Crippen molar-refractivity contribution in [2.24, 2.45) is 0 Å². The molecule has 0 radical (unpaired) electrons. The minimum atomic E-state index is -0.646. The van der Waals surface area contributed by atoms with E-state index >= 15 is 0 Å². The summed E-state index contributed by atoms with van der Waals surface area (Å²) in [7, 11) is 0. The van der Waals surface area contributed by atoms with E-state index < -0.39 is 6.10 Å². The van der Waals surface area contributed by atoms with Crippen molar-refractivity contribution in [3.8, 4) is 5.75 Å². The molecule has 0 aromatic heterocycles. The Bertz CT molecular complexity index is 424. The Morgan fingerprint density at radius 1 is 1.35 bits per heavy atom. The van der Waals surface area contributed by atoms with Crippen LogP contribution >= 0.6 is 23.2 Å². The van der Waals surface area contributed by atoms with Crippen LogP contribution in [0.25, 0.3) is 0 Å². The second-order valence-electron chi connectivity index (χ2n) is 5.07. The van der Waals surface area contributed by atoms with Gasteiger partial charge in [-0.15, -0.1) is 0 Å². The molecule has 1 aliphatic rings. The summed E-state index contributed by atoms with van der Waals surface area (Å²) in [6.07, 6.45) is 0.839. The van der Waals surface area contributed by atoms with Gasteiger partial charge in [-0.3, -0.25) is 4.90 Å². The third-order valence-corrected chi connectivity index (χ3v) is 3.88. The quantitative estimate of drug-likeness (QED) is 0.873. The van der Waals surface area contributed by atoms with Crippen molar-refractivity contribution in [2.75, 3.05) is 26.2 Å². The fourth-order valence-electron chi connectivity index (χ4n) is 2.35. The fourth-order valence-corrected chi connectivity index (χ4v) is 2.85. The number of para-hydroxylation sites is 1. The molecule has 1 aliphatic heterocycles. The zero-order valence-electron chi connectivity index (χ0n) is 11.1. The number of aliphatic hydroxyl groups is 2. The van der Waals surface area contributed by atoms with Crippen LogP contribution in [0.2, 0.25) is 10.0 Å². The van der Waals surface area contributed by atoms with E-state index in [4.69, 9.17) is 27.9 Å². The molecule has 0 spiro atoms. The standard InChI is InChI=1S/C14H19Cl2NO3/c15-12-4-1-5-13(16)14(12)20-9-11(19)8-17-6-2-3-10(18)7-17/h1,4-5,10-11,18-19H,2-3,6-9H2. The normalized spacial score (nSPS) is 21.7. The fraction of sp³-hybridized carbons (Fsp3) is 0.571. The summed E-state index contributed by atoms with van der Waals surface area (Å²) >= 11 is 12.0. The van der Waals surface area contributed by atoms with Gasteiger partial charge in [-0.05, 0) is 31.5 Å². The van der Waals surface area contributed by atoms with Gasteiger partial charge in [0.1, 0.15) is 12.7 Å². The van der Waals surface area contributed by atoms with Gasteiger partial charge in [-0.25, -0.2) is 0 Å². The maximum Gasteiger partial charge on any atom is 0.156 e. The van der Waals surface area contributed by atoms with Crippen molar-refractivity contribution in [1.82, 2.24) is 4.90 Å². The Labute approximate surface area is 128 Å². The molecule has 1 aromatic rings. The lowest BCUT2D eigenvalue weighted by Gasteiger charge is -2.31. The predicted molar refractivity (Wildman–Crippen MR) is 79.6 cm³/mol. The summed E-state index contributed by atoms with van der Waals surface area (Å²) in [5.41, 5.74) is 0. The van der Waals surface area contributed by atoms with Crippen LogP contribution < -0.4 is 4.74 Å². The molecule has 20 heavy (non-hydrogen) atoms. The second-order valence-corrected chi connectivity index (χ2v) is 5.89. The van der Waals surface area contributed by atoms with Gasteiger partial charge in [0, 0.05) is 13.1 Å². The van der Waals surface area contributed by atoms with Crippen LogP contribution in [-0.4, -0.2) is 53.6 Å². The lowest BCUT2D eigenvalue weighted by molar-refractivity contribution is 0.0243. The molecule has 0 aliphatic carbocycles. The van der Waals surface area contributed by atoms with Crippen LogP contribution in [0.5, 0.6) is 5.75 Å². The zero-order chi connectivity index (χ0) is 14.5. The van der Waals surface area contributed by atoms with E-state index in [1.165, 1.54) is 0 Å². The number of halogens is 2. The third-order valence-electron chi connectivity index (χ3n) is 3.29. The average molecular weight is 320 g/mol. The van der Waals surface area contributed by atoms with Crippen LogP contribution in [0.3, 0.4) is 0 Å². The number of piperidine rings is 1. The number of β-amino-alcohol motifs (C(OH)–C–C–N with tert-alkyl or cyclic N) is 2. The minimum absolute atomic E-state index is 0.121. The molecule has 2 atom stereocenters. The maximum atomic E-state index is 10.00. The Kier molecular flexibility index (Phi) is 5.93. The van der Waals surface area contributed by atoms with Crippen LogP contribution in [-0.2, 0) is 0 Å². The summed E-state index contributed by atoms with van der Waals surface area (Å²) in [4.78, 5) is 2.04. The predicted octanol–water partition coefficient (Wildman–Crippen LogP) is 2.19. The van der Waals surface area contributed by atoms with Crippen molar-refractivity contribution in [3.63, 3.8) is 0 Å². The second kappa shape index (κ2) is 7.48. The van der Waals surface area contributed by atoms with Crippen LogP contribution in [0.15, 0.2) is 18.2 Å². The number of hydrogen-bond donors (Lipinski definition) is 2. The highest BCUT2D eigenvalue weighted by atomic mass is 35.5. The Hall–Kier alpha value is -0.520. The van der Waals surface area contributed by atoms with Crippen molar-refractivity contribution < 1.29 is 14.9 Å². The van der Waals surface area contributed by atoms with E-state index in [1.807, 2.05) is 4.90 Å². The van der Waals surface area contributed by atoms with E-state index in [0.29, 0.717) is 28.9 Å². The number of hydrogen-bond acceptors (Lipinski definition) is 4. The highest BCUT2D eigenvalue weighted by molar-refractivity contribution is 6.37. The van der Waals surface area contributed by atoms with Gasteiger partial charge >= 0.3 is 0 Å². The average Bonchev–Trinajstić information content (AvgIpc) is 2.38. The van der Waals surface area contributed by atoms with Crippen molar-refractivity contribution in [3.05, 3.63) is 28.2 Å². The first kappa shape index (κ1) is 15.9. The Morgan fingerprint density at radius 3 is 2.70 bits per heavy atom. The van der Waals surface area contributed by atoms with Gasteiger partial charge in [-0.2, -0.15) is 0 Å².